The van der Waals surface area contributed by atoms with E-state index in [0.29, 0.717) is 0 Å². The van der Waals surface area contributed by atoms with E-state index in [1.807, 2.05) is 0 Å². The van der Waals surface area contributed by atoms with Gasteiger partial charge in [-0.3, -0.25) is 9.59 Å². The lowest BCUT2D eigenvalue weighted by Crippen LogP contribution is -2.31. The Morgan fingerprint density at radius 3 is 1.61 bits per heavy atom. The van der Waals surface area contributed by atoms with Gasteiger partial charge in [0.2, 0.25) is 5.91 Å². The summed E-state index contributed by atoms with van der Waals surface area (Å²) in [5.41, 5.74) is 9.81. The Morgan fingerprint density at radius 2 is 1.44 bits per heavy atom. The molecule has 0 heterocycles. The van der Waals surface area contributed by atoms with Crippen LogP contribution in [0.4, 0.5) is 0 Å². The minimum absolute atomic E-state index is 0.0213. The zero-order chi connectivity index (χ0) is 15.3. The normalized spacial score (nSPS) is 9.61. The van der Waals surface area contributed by atoms with E-state index in [4.69, 9.17) is 47.2 Å². The highest BCUT2D eigenvalue weighted by Gasteiger charge is 2.11. The van der Waals surface area contributed by atoms with Crippen LogP contribution in [0.2, 0.25) is 0 Å². The maximum atomic E-state index is 10.1. The number of primary amides is 1. The minimum Gasteiger partial charge on any atom is -0.480 e. The molecule has 0 spiro atoms. The van der Waals surface area contributed by atoms with E-state index in [0.717, 1.165) is 0 Å². The molecular weight excluding hydrogens is 260 g/mol. The first-order valence-electron chi connectivity index (χ1n) is 3.93. The SMILES string of the molecule is NC(=O)CCC(N)C(=O)O.O=[N+]([O-])O.O=[N+]([O-])O. The highest BCUT2D eigenvalue weighted by atomic mass is 16.9. The maximum Gasteiger partial charge on any atom is 0.320 e. The summed E-state index contributed by atoms with van der Waals surface area (Å²) in [5, 5.41) is 35.5. The zero-order valence-electron chi connectivity index (χ0n) is 8.83. The Labute approximate surface area is 98.8 Å². The molecule has 0 rings (SSSR count). The number of aliphatic carboxylic acids is 1. The van der Waals surface area contributed by atoms with E-state index in [-0.39, 0.29) is 12.8 Å². The summed E-state index contributed by atoms with van der Waals surface area (Å²) in [5.74, 6) is -1.64. The van der Waals surface area contributed by atoms with Gasteiger partial charge in [-0.1, -0.05) is 0 Å². The standard InChI is InChI=1S/C5H10N2O3.2HNO3/c6-3(5(9)10)1-2-4(7)8;2*2-1(3)4/h3H,1-2,6H2,(H2,7,8)(H,9,10);2*(H,2,3,4). The molecule has 13 heteroatoms. The number of carboxylic acids is 1. The first-order valence-corrected chi connectivity index (χ1v) is 3.93. The Morgan fingerprint density at radius 1 is 1.17 bits per heavy atom. The van der Waals surface area contributed by atoms with E-state index >= 15 is 0 Å². The predicted molar refractivity (Wildman–Crippen MR) is 51.6 cm³/mol. The Kier molecular flexibility index (Phi) is 14.2. The van der Waals surface area contributed by atoms with Crippen LogP contribution in [-0.2, 0) is 9.59 Å². The molecule has 0 fully saturated rings. The van der Waals surface area contributed by atoms with Gasteiger partial charge in [0.25, 0.3) is 10.2 Å². The number of carbonyl (C=O) groups excluding carboxylic acids is 1. The van der Waals surface area contributed by atoms with Gasteiger partial charge >= 0.3 is 5.97 Å². The van der Waals surface area contributed by atoms with Gasteiger partial charge in [-0.2, -0.15) is 0 Å². The number of rotatable bonds is 4. The molecule has 0 aromatic heterocycles. The van der Waals surface area contributed by atoms with E-state index in [9.17, 15) is 9.59 Å². The van der Waals surface area contributed by atoms with Crippen molar-refractivity contribution in [2.24, 2.45) is 11.5 Å². The molecule has 0 aliphatic rings. The molecule has 13 nitrogen and oxygen atoms in total. The van der Waals surface area contributed by atoms with Gasteiger partial charge in [-0.15, -0.1) is 20.2 Å². The molecular formula is C5H12N4O9. The molecule has 0 saturated heterocycles. The molecule has 1 amide bonds. The zero-order valence-corrected chi connectivity index (χ0v) is 8.83. The van der Waals surface area contributed by atoms with Crippen molar-refractivity contribution in [3.63, 3.8) is 0 Å². The fourth-order valence-electron chi connectivity index (χ4n) is 0.421. The van der Waals surface area contributed by atoms with Gasteiger partial charge in [-0.05, 0) is 6.42 Å². The third-order valence-electron chi connectivity index (χ3n) is 1.02. The highest BCUT2D eigenvalue weighted by molar-refractivity contribution is 5.76. The maximum absolute atomic E-state index is 10.1. The van der Waals surface area contributed by atoms with Gasteiger partial charge in [-0.25, -0.2) is 0 Å². The average Bonchev–Trinajstić information content (AvgIpc) is 2.11. The van der Waals surface area contributed by atoms with Crippen molar-refractivity contribution in [3.8, 4) is 0 Å². The van der Waals surface area contributed by atoms with E-state index < -0.39 is 28.1 Å². The van der Waals surface area contributed by atoms with Crippen molar-refractivity contribution >= 4 is 11.9 Å². The summed E-state index contributed by atoms with van der Waals surface area (Å²) in [6, 6.07) is -0.979. The van der Waals surface area contributed by atoms with Gasteiger partial charge in [0.05, 0.1) is 0 Å². The largest absolute Gasteiger partial charge is 0.480 e. The van der Waals surface area contributed by atoms with Crippen LogP contribution in [0.25, 0.3) is 0 Å². The molecule has 0 aliphatic carbocycles. The predicted octanol–water partition coefficient (Wildman–Crippen LogP) is -2.03. The van der Waals surface area contributed by atoms with E-state index in [1.54, 1.807) is 0 Å². The molecule has 0 aliphatic heterocycles. The quantitative estimate of drug-likeness (QED) is 0.277. The van der Waals surface area contributed by atoms with Crippen LogP contribution in [0.3, 0.4) is 0 Å². The number of hydrogen-bond donors (Lipinski definition) is 5. The molecule has 0 radical (unpaired) electrons. The van der Waals surface area contributed by atoms with Crippen LogP contribution in [0.15, 0.2) is 0 Å². The van der Waals surface area contributed by atoms with E-state index in [1.165, 1.54) is 0 Å². The number of carbonyl (C=O) groups is 2. The van der Waals surface area contributed by atoms with Crippen LogP contribution in [0.1, 0.15) is 12.8 Å². The molecule has 106 valence electrons. The van der Waals surface area contributed by atoms with Crippen molar-refractivity contribution in [2.75, 3.05) is 0 Å². The molecule has 0 bridgehead atoms. The van der Waals surface area contributed by atoms with Crippen LogP contribution >= 0.6 is 0 Å². The van der Waals surface area contributed by atoms with Crippen molar-refractivity contribution in [2.45, 2.75) is 18.9 Å². The molecule has 1 atom stereocenters. The lowest BCUT2D eigenvalue weighted by molar-refractivity contribution is -0.742. The van der Waals surface area contributed by atoms with Gasteiger partial charge in [0, 0.05) is 6.42 Å². The molecule has 1 unspecified atom stereocenters. The Balaban J connectivity index is -0.000000233. The van der Waals surface area contributed by atoms with Crippen molar-refractivity contribution in [3.05, 3.63) is 20.2 Å². The second-order valence-corrected chi connectivity index (χ2v) is 2.43. The lowest BCUT2D eigenvalue weighted by Gasteiger charge is -2.01. The number of nitrogens with two attached hydrogens (primary N) is 2. The van der Waals surface area contributed by atoms with Crippen molar-refractivity contribution in [1.82, 2.24) is 0 Å². The Bertz CT molecular complexity index is 273. The Hall–Kier alpha value is -2.70. The summed E-state index contributed by atoms with van der Waals surface area (Å²) >= 11 is 0. The minimum atomic E-state index is -1.50. The fourth-order valence-corrected chi connectivity index (χ4v) is 0.421. The summed E-state index contributed by atoms with van der Waals surface area (Å²) in [6.07, 6.45) is 0.123. The molecule has 0 aromatic rings. The van der Waals surface area contributed by atoms with E-state index in [2.05, 4.69) is 0 Å². The molecule has 0 aromatic carbocycles. The number of carboxylic acid groups (broad SMARTS) is 1. The number of nitrogens with zero attached hydrogens (tertiary/aromatic N) is 2. The summed E-state index contributed by atoms with van der Waals surface area (Å²) in [7, 11) is 0. The van der Waals surface area contributed by atoms with Gasteiger partial charge < -0.3 is 27.0 Å². The summed E-state index contributed by atoms with van der Waals surface area (Å²) in [6.45, 7) is 0. The smallest absolute Gasteiger partial charge is 0.320 e. The van der Waals surface area contributed by atoms with Crippen LogP contribution in [0, 0.1) is 20.2 Å². The second-order valence-electron chi connectivity index (χ2n) is 2.43. The number of amides is 1. The highest BCUT2D eigenvalue weighted by Crippen LogP contribution is 1.92. The topological polar surface area (TPSA) is 233 Å². The van der Waals surface area contributed by atoms with Gasteiger partial charge in [0.15, 0.2) is 0 Å². The first kappa shape index (κ1) is 20.7. The molecule has 7 N–H and O–H groups in total. The summed E-state index contributed by atoms with van der Waals surface area (Å²) in [4.78, 5) is 36.9. The molecule has 0 saturated carbocycles. The van der Waals surface area contributed by atoms with Gasteiger partial charge in [0.1, 0.15) is 6.04 Å². The summed E-state index contributed by atoms with van der Waals surface area (Å²) < 4.78 is 0. The second kappa shape index (κ2) is 12.4. The third-order valence-corrected chi connectivity index (χ3v) is 1.02. The monoisotopic (exact) mass is 272 g/mol. The third kappa shape index (κ3) is 50.7. The van der Waals surface area contributed by atoms with Crippen molar-refractivity contribution < 1.29 is 35.3 Å². The van der Waals surface area contributed by atoms with Crippen LogP contribution in [-0.4, -0.2) is 43.6 Å². The van der Waals surface area contributed by atoms with Crippen molar-refractivity contribution in [1.29, 1.82) is 0 Å². The van der Waals surface area contributed by atoms with Crippen LogP contribution < -0.4 is 11.5 Å². The fraction of sp³-hybridized carbons (Fsp3) is 0.600. The first-order chi connectivity index (χ1) is 8.00. The molecule has 18 heavy (non-hydrogen) atoms. The lowest BCUT2D eigenvalue weighted by atomic mass is 10.2. The van der Waals surface area contributed by atoms with Crippen LogP contribution in [0.5, 0.6) is 0 Å². The average molecular weight is 272 g/mol. The number of hydrogen-bond acceptors (Lipinski definition) is 7.